The Kier molecular flexibility index (Phi) is 5.79. The van der Waals surface area contributed by atoms with Crippen LogP contribution in [0.15, 0.2) is 66.7 Å². The molecule has 2 N–H and O–H groups in total. The molecule has 0 radical (unpaired) electrons. The van der Waals surface area contributed by atoms with Crippen molar-refractivity contribution < 1.29 is 19.2 Å². The Hall–Kier alpha value is -2.83. The molecule has 0 atom stereocenters. The summed E-state index contributed by atoms with van der Waals surface area (Å²) < 4.78 is 19.3. The van der Waals surface area contributed by atoms with Gasteiger partial charge >= 0.3 is 7.12 Å². The van der Waals surface area contributed by atoms with E-state index in [0.717, 1.165) is 16.8 Å². The number of benzene rings is 3. The SMILES string of the molecule is CN(C)c1cc(Cc2ccc(B(O)O)cc2)cc(Oc2cccc(F)c2)c1. The number of hydrogen-bond acceptors (Lipinski definition) is 4. The molecule has 0 aliphatic heterocycles. The second-order valence-electron chi connectivity index (χ2n) is 6.58. The van der Waals surface area contributed by atoms with Crippen molar-refractivity contribution >= 4 is 18.3 Å². The van der Waals surface area contributed by atoms with Gasteiger partial charge in [0.25, 0.3) is 0 Å². The lowest BCUT2D eigenvalue weighted by atomic mass is 9.80. The fourth-order valence-electron chi connectivity index (χ4n) is 2.77. The van der Waals surface area contributed by atoms with Crippen LogP contribution in [-0.4, -0.2) is 31.3 Å². The fraction of sp³-hybridized carbons (Fsp3) is 0.143. The maximum atomic E-state index is 13.4. The van der Waals surface area contributed by atoms with Gasteiger partial charge in [-0.25, -0.2) is 4.39 Å². The van der Waals surface area contributed by atoms with E-state index in [1.54, 1.807) is 24.3 Å². The molecule has 0 saturated heterocycles. The third kappa shape index (κ3) is 5.09. The molecule has 27 heavy (non-hydrogen) atoms. The van der Waals surface area contributed by atoms with Crippen molar-refractivity contribution in [2.24, 2.45) is 0 Å². The van der Waals surface area contributed by atoms with E-state index in [1.807, 2.05) is 43.3 Å². The molecule has 6 heteroatoms. The van der Waals surface area contributed by atoms with Gasteiger partial charge < -0.3 is 19.7 Å². The summed E-state index contributed by atoms with van der Waals surface area (Å²) >= 11 is 0. The molecule has 0 aliphatic carbocycles. The highest BCUT2D eigenvalue weighted by atomic mass is 19.1. The van der Waals surface area contributed by atoms with Gasteiger partial charge in [0, 0.05) is 31.9 Å². The Morgan fingerprint density at radius 2 is 1.63 bits per heavy atom. The topological polar surface area (TPSA) is 52.9 Å². The number of nitrogens with zero attached hydrogens (tertiary/aromatic N) is 1. The highest BCUT2D eigenvalue weighted by Gasteiger charge is 2.11. The van der Waals surface area contributed by atoms with Crippen LogP contribution in [0.4, 0.5) is 10.1 Å². The summed E-state index contributed by atoms with van der Waals surface area (Å²) in [5.74, 6) is 0.727. The Labute approximate surface area is 158 Å². The third-order valence-electron chi connectivity index (χ3n) is 4.19. The van der Waals surface area contributed by atoms with E-state index in [0.29, 0.717) is 23.4 Å². The van der Waals surface area contributed by atoms with Gasteiger partial charge in [-0.05, 0) is 47.3 Å². The molecule has 4 nitrogen and oxygen atoms in total. The summed E-state index contributed by atoms with van der Waals surface area (Å²) in [6.07, 6.45) is 0.656. The van der Waals surface area contributed by atoms with Crippen LogP contribution < -0.4 is 15.1 Å². The molecule has 0 saturated carbocycles. The highest BCUT2D eigenvalue weighted by molar-refractivity contribution is 6.58. The van der Waals surface area contributed by atoms with Crippen molar-refractivity contribution in [2.45, 2.75) is 6.42 Å². The van der Waals surface area contributed by atoms with Gasteiger partial charge in [0.1, 0.15) is 17.3 Å². The lowest BCUT2D eigenvalue weighted by molar-refractivity contribution is 0.426. The van der Waals surface area contributed by atoms with E-state index < -0.39 is 7.12 Å². The molecular weight excluding hydrogens is 344 g/mol. The van der Waals surface area contributed by atoms with Gasteiger partial charge in [0.15, 0.2) is 0 Å². The molecule has 0 aromatic heterocycles. The summed E-state index contributed by atoms with van der Waals surface area (Å²) in [5, 5.41) is 18.4. The first-order chi connectivity index (χ1) is 12.9. The van der Waals surface area contributed by atoms with E-state index in [-0.39, 0.29) is 5.82 Å². The van der Waals surface area contributed by atoms with Crippen LogP contribution in [0.2, 0.25) is 0 Å². The van der Waals surface area contributed by atoms with Gasteiger partial charge in [-0.2, -0.15) is 0 Å². The molecule has 3 rings (SSSR count). The Morgan fingerprint density at radius 3 is 2.26 bits per heavy atom. The third-order valence-corrected chi connectivity index (χ3v) is 4.19. The molecule has 0 bridgehead atoms. The Balaban J connectivity index is 1.86. The predicted molar refractivity (Wildman–Crippen MR) is 106 cm³/mol. The summed E-state index contributed by atoms with van der Waals surface area (Å²) in [5.41, 5.74) is 3.49. The zero-order valence-corrected chi connectivity index (χ0v) is 15.3. The second kappa shape index (κ2) is 8.25. The molecular formula is C21H21BFNO3. The average Bonchev–Trinajstić information content (AvgIpc) is 2.62. The minimum absolute atomic E-state index is 0.345. The van der Waals surface area contributed by atoms with Crippen LogP contribution >= 0.6 is 0 Å². The smallest absolute Gasteiger partial charge is 0.457 e. The molecule has 0 amide bonds. The molecule has 0 unspecified atom stereocenters. The van der Waals surface area contributed by atoms with Gasteiger partial charge in [-0.15, -0.1) is 0 Å². The van der Waals surface area contributed by atoms with E-state index in [9.17, 15) is 14.4 Å². The minimum Gasteiger partial charge on any atom is -0.457 e. The van der Waals surface area contributed by atoms with E-state index in [2.05, 4.69) is 6.07 Å². The number of halogens is 1. The minimum atomic E-state index is -1.47. The van der Waals surface area contributed by atoms with Crippen LogP contribution in [0, 0.1) is 5.82 Å². The van der Waals surface area contributed by atoms with Crippen molar-refractivity contribution in [3.8, 4) is 11.5 Å². The quantitative estimate of drug-likeness (QED) is 0.660. The molecule has 0 spiro atoms. The Morgan fingerprint density at radius 1 is 0.889 bits per heavy atom. The lowest BCUT2D eigenvalue weighted by Crippen LogP contribution is -2.29. The number of hydrogen-bond donors (Lipinski definition) is 2. The van der Waals surface area contributed by atoms with Crippen molar-refractivity contribution in [1.82, 2.24) is 0 Å². The van der Waals surface area contributed by atoms with E-state index in [4.69, 9.17) is 4.74 Å². The zero-order chi connectivity index (χ0) is 19.4. The van der Waals surface area contributed by atoms with Gasteiger partial charge in [-0.1, -0.05) is 30.3 Å². The second-order valence-corrected chi connectivity index (χ2v) is 6.58. The first-order valence-electron chi connectivity index (χ1n) is 8.60. The number of ether oxygens (including phenoxy) is 1. The lowest BCUT2D eigenvalue weighted by Gasteiger charge is -2.17. The monoisotopic (exact) mass is 365 g/mol. The maximum Gasteiger partial charge on any atom is 0.488 e. The van der Waals surface area contributed by atoms with Crippen LogP contribution in [0.25, 0.3) is 0 Å². The van der Waals surface area contributed by atoms with Gasteiger partial charge in [0.2, 0.25) is 0 Å². The Bertz CT molecular complexity index is 914. The summed E-state index contributed by atoms with van der Waals surface area (Å²) in [6, 6.07) is 19.1. The van der Waals surface area contributed by atoms with Crippen LogP contribution in [0.1, 0.15) is 11.1 Å². The van der Waals surface area contributed by atoms with Gasteiger partial charge in [-0.3, -0.25) is 0 Å². The molecule has 0 heterocycles. The molecule has 3 aromatic carbocycles. The fourth-order valence-corrected chi connectivity index (χ4v) is 2.77. The standard InChI is InChI=1S/C21H21BFNO3/c1-24(2)19-11-16(10-15-6-8-17(9-7-15)22(25)26)12-21(14-19)27-20-5-3-4-18(23)13-20/h3-9,11-14,25-26H,10H2,1-2H3. The highest BCUT2D eigenvalue weighted by Crippen LogP contribution is 2.28. The summed E-state index contributed by atoms with van der Waals surface area (Å²) in [4.78, 5) is 1.98. The van der Waals surface area contributed by atoms with Crippen LogP contribution in [-0.2, 0) is 6.42 Å². The summed E-state index contributed by atoms with van der Waals surface area (Å²) in [7, 11) is 2.42. The maximum absolute atomic E-state index is 13.4. The van der Waals surface area contributed by atoms with E-state index in [1.165, 1.54) is 12.1 Å². The zero-order valence-electron chi connectivity index (χ0n) is 15.3. The van der Waals surface area contributed by atoms with Crippen LogP contribution in [0.5, 0.6) is 11.5 Å². The van der Waals surface area contributed by atoms with Crippen LogP contribution in [0.3, 0.4) is 0 Å². The van der Waals surface area contributed by atoms with Crippen molar-refractivity contribution in [3.63, 3.8) is 0 Å². The van der Waals surface area contributed by atoms with Gasteiger partial charge in [0.05, 0.1) is 0 Å². The van der Waals surface area contributed by atoms with Crippen molar-refractivity contribution in [3.05, 3.63) is 83.7 Å². The normalized spacial score (nSPS) is 10.6. The van der Waals surface area contributed by atoms with E-state index >= 15 is 0 Å². The largest absolute Gasteiger partial charge is 0.488 e. The first kappa shape index (κ1) is 19.0. The predicted octanol–water partition coefficient (Wildman–Crippen LogP) is 2.95. The molecule has 0 fully saturated rings. The molecule has 138 valence electrons. The van der Waals surface area contributed by atoms with Crippen molar-refractivity contribution in [2.75, 3.05) is 19.0 Å². The average molecular weight is 365 g/mol. The number of anilines is 1. The molecule has 3 aromatic rings. The summed E-state index contributed by atoms with van der Waals surface area (Å²) in [6.45, 7) is 0. The molecule has 0 aliphatic rings. The van der Waals surface area contributed by atoms with Crippen molar-refractivity contribution in [1.29, 1.82) is 0 Å². The number of rotatable bonds is 6. The first-order valence-corrected chi connectivity index (χ1v) is 8.60.